The molecule has 6 heteroatoms. The molecule has 0 atom stereocenters. The van der Waals surface area contributed by atoms with Crippen LogP contribution in [0.1, 0.15) is 49.4 Å². The van der Waals surface area contributed by atoms with Crippen molar-refractivity contribution in [2.75, 3.05) is 6.54 Å². The summed E-state index contributed by atoms with van der Waals surface area (Å²) in [6, 6.07) is 3.65. The van der Waals surface area contributed by atoms with Crippen LogP contribution in [0.25, 0.3) is 0 Å². The Labute approximate surface area is 123 Å². The summed E-state index contributed by atoms with van der Waals surface area (Å²) in [6.45, 7) is 2.75. The number of aromatic hydroxyl groups is 1. The van der Waals surface area contributed by atoms with Crippen LogP contribution in [-0.2, 0) is 0 Å². The second kappa shape index (κ2) is 6.11. The van der Waals surface area contributed by atoms with E-state index in [4.69, 9.17) is 0 Å². The number of nitrogens with zero attached hydrogens (tertiary/aromatic N) is 1. The fraction of sp³-hybridized carbons (Fsp3) is 0.533. The van der Waals surface area contributed by atoms with E-state index in [1.807, 2.05) is 0 Å². The average molecular weight is 292 g/mol. The molecule has 1 saturated carbocycles. The molecule has 1 aliphatic rings. The second-order valence-corrected chi connectivity index (χ2v) is 5.70. The number of phenolic OH excluding ortho intramolecular Hbond substituents is 1. The molecule has 1 fully saturated rings. The van der Waals surface area contributed by atoms with Crippen LogP contribution in [0.2, 0.25) is 0 Å². The molecule has 0 spiro atoms. The smallest absolute Gasteiger partial charge is 0.310 e. The van der Waals surface area contributed by atoms with E-state index in [0.29, 0.717) is 6.54 Å². The highest BCUT2D eigenvalue weighted by atomic mass is 16.6. The molecule has 21 heavy (non-hydrogen) atoms. The standard InChI is InChI=1S/C15H20N2O4/c1-2-15(7-3-4-8-15)10-16-14(19)11-5-6-12(17(20)21)13(18)9-11/h5-6,9,18H,2-4,7-8,10H2,1H3,(H,16,19). The number of rotatable bonds is 5. The lowest BCUT2D eigenvalue weighted by atomic mass is 9.83. The highest BCUT2D eigenvalue weighted by Gasteiger charge is 2.32. The van der Waals surface area contributed by atoms with Crippen molar-refractivity contribution in [3.05, 3.63) is 33.9 Å². The molecule has 114 valence electrons. The van der Waals surface area contributed by atoms with Crippen molar-refractivity contribution >= 4 is 11.6 Å². The lowest BCUT2D eigenvalue weighted by molar-refractivity contribution is -0.385. The van der Waals surface area contributed by atoms with Crippen molar-refractivity contribution in [1.82, 2.24) is 5.32 Å². The highest BCUT2D eigenvalue weighted by Crippen LogP contribution is 2.40. The van der Waals surface area contributed by atoms with Crippen LogP contribution in [0.4, 0.5) is 5.69 Å². The van der Waals surface area contributed by atoms with Crippen molar-refractivity contribution in [2.24, 2.45) is 5.41 Å². The summed E-state index contributed by atoms with van der Waals surface area (Å²) in [5.74, 6) is -0.793. The van der Waals surface area contributed by atoms with Crippen LogP contribution in [-0.4, -0.2) is 22.5 Å². The lowest BCUT2D eigenvalue weighted by Gasteiger charge is -2.27. The maximum atomic E-state index is 12.1. The van der Waals surface area contributed by atoms with Gasteiger partial charge in [0.2, 0.25) is 0 Å². The summed E-state index contributed by atoms with van der Waals surface area (Å²) in [5, 5.41) is 23.1. The molecule has 0 aromatic heterocycles. The fourth-order valence-corrected chi connectivity index (χ4v) is 2.97. The maximum Gasteiger partial charge on any atom is 0.310 e. The van der Waals surface area contributed by atoms with Gasteiger partial charge in [0, 0.05) is 18.2 Å². The molecule has 6 nitrogen and oxygen atoms in total. The molecule has 0 saturated heterocycles. The minimum absolute atomic E-state index is 0.179. The van der Waals surface area contributed by atoms with Crippen molar-refractivity contribution in [3.63, 3.8) is 0 Å². The minimum atomic E-state index is -0.679. The van der Waals surface area contributed by atoms with E-state index < -0.39 is 16.4 Å². The third-order valence-corrected chi connectivity index (χ3v) is 4.47. The number of nitro groups is 1. The first-order valence-electron chi connectivity index (χ1n) is 7.23. The Hall–Kier alpha value is -2.11. The largest absolute Gasteiger partial charge is 0.502 e. The van der Waals surface area contributed by atoms with Gasteiger partial charge in [0.15, 0.2) is 5.75 Å². The molecule has 0 unspecified atom stereocenters. The Morgan fingerprint density at radius 2 is 2.10 bits per heavy atom. The molecule has 1 aromatic carbocycles. The van der Waals surface area contributed by atoms with Gasteiger partial charge in [0.25, 0.3) is 5.91 Å². The molecule has 2 rings (SSSR count). The van der Waals surface area contributed by atoms with Gasteiger partial charge in [-0.2, -0.15) is 0 Å². The van der Waals surface area contributed by atoms with Crippen LogP contribution in [0.5, 0.6) is 5.75 Å². The molecule has 0 aliphatic heterocycles. The zero-order valence-electron chi connectivity index (χ0n) is 12.1. The van der Waals surface area contributed by atoms with E-state index in [0.717, 1.165) is 31.4 Å². The first-order valence-corrected chi connectivity index (χ1v) is 7.23. The van der Waals surface area contributed by atoms with Crippen LogP contribution in [0, 0.1) is 15.5 Å². The minimum Gasteiger partial charge on any atom is -0.502 e. The van der Waals surface area contributed by atoms with Gasteiger partial charge in [-0.15, -0.1) is 0 Å². The van der Waals surface area contributed by atoms with E-state index >= 15 is 0 Å². The second-order valence-electron chi connectivity index (χ2n) is 5.70. The predicted molar refractivity (Wildman–Crippen MR) is 78.3 cm³/mol. The topological polar surface area (TPSA) is 92.5 Å². The fourth-order valence-electron chi connectivity index (χ4n) is 2.97. The molecular formula is C15H20N2O4. The van der Waals surface area contributed by atoms with Gasteiger partial charge in [-0.3, -0.25) is 14.9 Å². The van der Waals surface area contributed by atoms with Gasteiger partial charge >= 0.3 is 5.69 Å². The Bertz CT molecular complexity index is 551. The van der Waals surface area contributed by atoms with Gasteiger partial charge in [0.05, 0.1) is 4.92 Å². The third-order valence-electron chi connectivity index (χ3n) is 4.47. The Balaban J connectivity index is 2.03. The van der Waals surface area contributed by atoms with Crippen molar-refractivity contribution in [3.8, 4) is 5.75 Å². The number of carbonyl (C=O) groups is 1. The summed E-state index contributed by atoms with van der Waals surface area (Å²) in [5.41, 5.74) is 0.0214. The van der Waals surface area contributed by atoms with Crippen LogP contribution in [0.15, 0.2) is 18.2 Å². The number of hydrogen-bond donors (Lipinski definition) is 2. The van der Waals surface area contributed by atoms with Crippen LogP contribution >= 0.6 is 0 Å². The molecule has 1 aromatic rings. The van der Waals surface area contributed by atoms with E-state index in [2.05, 4.69) is 12.2 Å². The van der Waals surface area contributed by atoms with Gasteiger partial charge in [-0.25, -0.2) is 0 Å². The van der Waals surface area contributed by atoms with Crippen LogP contribution < -0.4 is 5.32 Å². The van der Waals surface area contributed by atoms with Crippen molar-refractivity contribution < 1.29 is 14.8 Å². The van der Waals surface area contributed by atoms with E-state index in [9.17, 15) is 20.0 Å². The van der Waals surface area contributed by atoms with Crippen LogP contribution in [0.3, 0.4) is 0 Å². The van der Waals surface area contributed by atoms with Crippen molar-refractivity contribution in [2.45, 2.75) is 39.0 Å². The molecule has 1 aliphatic carbocycles. The predicted octanol–water partition coefficient (Wildman–Crippen LogP) is 3.00. The van der Waals surface area contributed by atoms with E-state index in [1.165, 1.54) is 18.9 Å². The van der Waals surface area contributed by atoms with Gasteiger partial charge in [-0.05, 0) is 36.8 Å². The molecule has 2 N–H and O–H groups in total. The number of amides is 1. The van der Waals surface area contributed by atoms with Gasteiger partial charge in [-0.1, -0.05) is 19.8 Å². The number of nitrogens with one attached hydrogen (secondary N) is 1. The number of phenols is 1. The van der Waals surface area contributed by atoms with E-state index in [1.54, 1.807) is 0 Å². The number of hydrogen-bond acceptors (Lipinski definition) is 4. The first kappa shape index (κ1) is 15.3. The summed E-state index contributed by atoms with van der Waals surface area (Å²) >= 11 is 0. The number of carbonyl (C=O) groups excluding carboxylic acids is 1. The zero-order valence-corrected chi connectivity index (χ0v) is 12.1. The summed E-state index contributed by atoms with van der Waals surface area (Å²) < 4.78 is 0. The number of nitro benzene ring substituents is 1. The summed E-state index contributed by atoms with van der Waals surface area (Å²) in [7, 11) is 0. The summed E-state index contributed by atoms with van der Waals surface area (Å²) in [4.78, 5) is 22.1. The molecule has 0 bridgehead atoms. The average Bonchev–Trinajstić information content (AvgIpc) is 2.93. The summed E-state index contributed by atoms with van der Waals surface area (Å²) in [6.07, 6.45) is 5.66. The first-order chi connectivity index (χ1) is 9.97. The monoisotopic (exact) mass is 292 g/mol. The zero-order chi connectivity index (χ0) is 15.5. The van der Waals surface area contributed by atoms with Gasteiger partial charge in [0.1, 0.15) is 0 Å². The normalized spacial score (nSPS) is 16.6. The number of benzene rings is 1. The maximum absolute atomic E-state index is 12.1. The molecule has 0 radical (unpaired) electrons. The third kappa shape index (κ3) is 3.32. The molecule has 0 heterocycles. The molecular weight excluding hydrogens is 272 g/mol. The lowest BCUT2D eigenvalue weighted by Crippen LogP contribution is -2.35. The van der Waals surface area contributed by atoms with Gasteiger partial charge < -0.3 is 10.4 Å². The SMILES string of the molecule is CCC1(CNC(=O)c2ccc([N+](=O)[O-])c(O)c2)CCCC1. The molecule has 1 amide bonds. The Morgan fingerprint density at radius 3 is 2.62 bits per heavy atom. The van der Waals surface area contributed by atoms with E-state index in [-0.39, 0.29) is 16.9 Å². The quantitative estimate of drug-likeness (QED) is 0.644. The highest BCUT2D eigenvalue weighted by molar-refractivity contribution is 5.95. The Morgan fingerprint density at radius 1 is 1.43 bits per heavy atom. The Kier molecular flexibility index (Phi) is 4.45. The van der Waals surface area contributed by atoms with Crippen molar-refractivity contribution in [1.29, 1.82) is 0 Å².